The van der Waals surface area contributed by atoms with Crippen molar-refractivity contribution in [2.24, 2.45) is 0 Å². The summed E-state index contributed by atoms with van der Waals surface area (Å²) < 4.78 is 0. The maximum absolute atomic E-state index is 10.3. The average Bonchev–Trinajstić information content (AvgIpc) is 2.34. The lowest BCUT2D eigenvalue weighted by atomic mass is 9.99. The third kappa shape index (κ3) is 5.50. The van der Waals surface area contributed by atoms with Crippen LogP contribution < -0.4 is 0 Å². The number of rotatable bonds is 4. The second kappa shape index (κ2) is 8.26. The highest BCUT2D eigenvalue weighted by atomic mass is 35.5. The monoisotopic (exact) mass is 296 g/mol. The van der Waals surface area contributed by atoms with E-state index in [2.05, 4.69) is 49.4 Å². The Morgan fingerprint density at radius 1 is 1.30 bits per heavy atom. The van der Waals surface area contributed by atoms with Crippen LogP contribution in [0.1, 0.15) is 40.2 Å². The average molecular weight is 297 g/mol. The van der Waals surface area contributed by atoms with Gasteiger partial charge in [-0.25, -0.2) is 0 Å². The molecule has 0 amide bonds. The number of pyridine rings is 1. The molecule has 0 aliphatic heterocycles. The van der Waals surface area contributed by atoms with Crippen LogP contribution in [0.5, 0.6) is 0 Å². The van der Waals surface area contributed by atoms with Crippen molar-refractivity contribution in [1.29, 1.82) is 0 Å². The zero-order valence-corrected chi connectivity index (χ0v) is 13.7. The molecule has 1 unspecified atom stereocenters. The Balaban J connectivity index is 0.00000361. The third-order valence-corrected chi connectivity index (χ3v) is 3.14. The molecule has 0 aliphatic carbocycles. The standard InChI is InChI=1S/C16H24N2O.ClH/c1-13(2)18(14(3)4)11-7-9-16(5,19)15-8-6-10-17-12-15;/h6,8,10,12-14,19H,11H2,1-5H3;1H. The first-order chi connectivity index (χ1) is 8.84. The molecule has 1 heterocycles. The summed E-state index contributed by atoms with van der Waals surface area (Å²) in [6, 6.07) is 4.53. The lowest BCUT2D eigenvalue weighted by Crippen LogP contribution is -2.37. The SMILES string of the molecule is CC(C)N(CC#CC(C)(O)c1cccnc1)C(C)C.Cl. The van der Waals surface area contributed by atoms with E-state index >= 15 is 0 Å². The molecule has 4 heteroatoms. The molecule has 0 saturated heterocycles. The van der Waals surface area contributed by atoms with Crippen molar-refractivity contribution in [3.63, 3.8) is 0 Å². The molecule has 1 aromatic rings. The van der Waals surface area contributed by atoms with Crippen LogP contribution in [0.3, 0.4) is 0 Å². The molecular weight excluding hydrogens is 272 g/mol. The van der Waals surface area contributed by atoms with Gasteiger partial charge in [0, 0.05) is 30.0 Å². The molecule has 3 nitrogen and oxygen atoms in total. The van der Waals surface area contributed by atoms with E-state index in [-0.39, 0.29) is 12.4 Å². The number of hydrogen-bond acceptors (Lipinski definition) is 3. The maximum atomic E-state index is 10.3. The number of hydrogen-bond donors (Lipinski definition) is 1. The summed E-state index contributed by atoms with van der Waals surface area (Å²) in [7, 11) is 0. The summed E-state index contributed by atoms with van der Waals surface area (Å²) >= 11 is 0. The first kappa shape index (κ1) is 18.9. The van der Waals surface area contributed by atoms with Crippen LogP contribution in [0.25, 0.3) is 0 Å². The van der Waals surface area contributed by atoms with Gasteiger partial charge >= 0.3 is 0 Å². The minimum absolute atomic E-state index is 0. The van der Waals surface area contributed by atoms with Gasteiger partial charge in [0.05, 0.1) is 6.54 Å². The van der Waals surface area contributed by atoms with Crippen LogP contribution in [-0.2, 0) is 5.60 Å². The molecule has 20 heavy (non-hydrogen) atoms. The maximum Gasteiger partial charge on any atom is 0.149 e. The molecule has 0 radical (unpaired) electrons. The lowest BCUT2D eigenvalue weighted by Gasteiger charge is -2.28. The summed E-state index contributed by atoms with van der Waals surface area (Å²) in [5, 5.41) is 10.3. The molecule has 0 fully saturated rings. The fourth-order valence-electron chi connectivity index (χ4n) is 1.99. The Bertz CT molecular complexity index is 439. The van der Waals surface area contributed by atoms with E-state index in [0.717, 1.165) is 5.56 Å². The minimum Gasteiger partial charge on any atom is -0.374 e. The van der Waals surface area contributed by atoms with Gasteiger partial charge in [-0.1, -0.05) is 17.9 Å². The van der Waals surface area contributed by atoms with Crippen molar-refractivity contribution < 1.29 is 5.11 Å². The van der Waals surface area contributed by atoms with Crippen molar-refractivity contribution in [1.82, 2.24) is 9.88 Å². The Hall–Kier alpha value is -1.08. The summed E-state index contributed by atoms with van der Waals surface area (Å²) in [6.07, 6.45) is 3.34. The van der Waals surface area contributed by atoms with Crippen molar-refractivity contribution in [3.05, 3.63) is 30.1 Å². The normalized spacial score (nSPS) is 13.7. The molecule has 0 aliphatic rings. The van der Waals surface area contributed by atoms with E-state index in [9.17, 15) is 5.11 Å². The van der Waals surface area contributed by atoms with Crippen molar-refractivity contribution >= 4 is 12.4 Å². The predicted octanol–water partition coefficient (Wildman–Crippen LogP) is 2.83. The van der Waals surface area contributed by atoms with Gasteiger partial charge in [0.2, 0.25) is 0 Å². The van der Waals surface area contributed by atoms with Crippen LogP contribution in [0, 0.1) is 11.8 Å². The van der Waals surface area contributed by atoms with Gasteiger partial charge in [0.25, 0.3) is 0 Å². The van der Waals surface area contributed by atoms with Crippen LogP contribution in [0.2, 0.25) is 0 Å². The smallest absolute Gasteiger partial charge is 0.149 e. The summed E-state index contributed by atoms with van der Waals surface area (Å²) in [5.41, 5.74) is -0.420. The molecule has 0 spiro atoms. The Morgan fingerprint density at radius 2 is 1.90 bits per heavy atom. The molecule has 0 aromatic carbocycles. The lowest BCUT2D eigenvalue weighted by molar-refractivity contribution is 0.121. The summed E-state index contributed by atoms with van der Waals surface area (Å²) in [4.78, 5) is 6.30. The Labute approximate surface area is 128 Å². The van der Waals surface area contributed by atoms with Crippen molar-refractivity contribution in [2.45, 2.75) is 52.3 Å². The van der Waals surface area contributed by atoms with Gasteiger partial charge in [-0.2, -0.15) is 0 Å². The molecule has 1 N–H and O–H groups in total. The van der Waals surface area contributed by atoms with Crippen molar-refractivity contribution in [3.8, 4) is 11.8 Å². The second-order valence-corrected chi connectivity index (χ2v) is 5.48. The van der Waals surface area contributed by atoms with E-state index in [0.29, 0.717) is 18.6 Å². The van der Waals surface area contributed by atoms with Gasteiger partial charge in [-0.3, -0.25) is 9.88 Å². The zero-order chi connectivity index (χ0) is 14.5. The Kier molecular flexibility index (Phi) is 7.82. The van der Waals surface area contributed by atoms with Gasteiger partial charge in [-0.05, 0) is 40.7 Å². The van der Waals surface area contributed by atoms with Crippen LogP contribution in [-0.4, -0.2) is 33.6 Å². The van der Waals surface area contributed by atoms with Gasteiger partial charge in [0.15, 0.2) is 0 Å². The van der Waals surface area contributed by atoms with Gasteiger partial charge in [-0.15, -0.1) is 12.4 Å². The summed E-state index contributed by atoms with van der Waals surface area (Å²) in [6.45, 7) is 11.0. The van der Waals surface area contributed by atoms with Crippen LogP contribution in [0.15, 0.2) is 24.5 Å². The molecular formula is C16H25ClN2O. The topological polar surface area (TPSA) is 36.4 Å². The zero-order valence-electron chi connectivity index (χ0n) is 12.9. The predicted molar refractivity (Wildman–Crippen MR) is 85.8 cm³/mol. The first-order valence-electron chi connectivity index (χ1n) is 6.73. The largest absolute Gasteiger partial charge is 0.374 e. The number of aliphatic hydroxyl groups is 1. The fraction of sp³-hybridized carbons (Fsp3) is 0.562. The molecule has 1 atom stereocenters. The highest BCUT2D eigenvalue weighted by Gasteiger charge is 2.20. The molecule has 1 aromatic heterocycles. The van der Waals surface area contributed by atoms with Crippen molar-refractivity contribution in [2.75, 3.05) is 6.54 Å². The van der Waals surface area contributed by atoms with E-state index in [1.54, 1.807) is 25.4 Å². The molecule has 1 rings (SSSR count). The molecule has 0 bridgehead atoms. The van der Waals surface area contributed by atoms with E-state index in [4.69, 9.17) is 0 Å². The number of nitrogens with zero attached hydrogens (tertiary/aromatic N) is 2. The van der Waals surface area contributed by atoms with E-state index < -0.39 is 5.60 Å². The molecule has 0 saturated carbocycles. The number of halogens is 1. The van der Waals surface area contributed by atoms with E-state index in [1.807, 2.05) is 6.07 Å². The Morgan fingerprint density at radius 3 is 2.35 bits per heavy atom. The van der Waals surface area contributed by atoms with Gasteiger partial charge < -0.3 is 5.11 Å². The highest BCUT2D eigenvalue weighted by Crippen LogP contribution is 2.17. The van der Waals surface area contributed by atoms with E-state index in [1.165, 1.54) is 0 Å². The quantitative estimate of drug-likeness (QED) is 0.868. The first-order valence-corrected chi connectivity index (χ1v) is 6.73. The number of aromatic nitrogens is 1. The van der Waals surface area contributed by atoms with Crippen LogP contribution in [0.4, 0.5) is 0 Å². The van der Waals surface area contributed by atoms with Crippen LogP contribution >= 0.6 is 12.4 Å². The second-order valence-electron chi connectivity index (χ2n) is 5.48. The van der Waals surface area contributed by atoms with Gasteiger partial charge in [0.1, 0.15) is 5.60 Å². The highest BCUT2D eigenvalue weighted by molar-refractivity contribution is 5.85. The minimum atomic E-state index is -1.14. The summed E-state index contributed by atoms with van der Waals surface area (Å²) in [5.74, 6) is 6.02. The third-order valence-electron chi connectivity index (χ3n) is 3.14. The fourth-order valence-corrected chi connectivity index (χ4v) is 1.99. The molecule has 112 valence electrons.